The van der Waals surface area contributed by atoms with Crippen LogP contribution in [0.2, 0.25) is 0 Å². The molecular formula is C16H21N3O3. The number of hydrogen-bond acceptors (Lipinski definition) is 5. The zero-order valence-corrected chi connectivity index (χ0v) is 13.5. The highest BCUT2D eigenvalue weighted by Crippen LogP contribution is 2.30. The molecule has 6 nitrogen and oxygen atoms in total. The number of nitrogen functional groups attached to an aromatic ring is 1. The van der Waals surface area contributed by atoms with Crippen LogP contribution in [0.15, 0.2) is 24.3 Å². The van der Waals surface area contributed by atoms with E-state index in [1.165, 1.54) is 4.68 Å². The second kappa shape index (κ2) is 5.71. The fraction of sp³-hybridized carbons (Fsp3) is 0.375. The van der Waals surface area contributed by atoms with Gasteiger partial charge in [-0.05, 0) is 39.8 Å². The summed E-state index contributed by atoms with van der Waals surface area (Å²) in [5, 5.41) is 4.30. The highest BCUT2D eigenvalue weighted by atomic mass is 16.6. The van der Waals surface area contributed by atoms with Gasteiger partial charge in [-0.1, -0.05) is 12.1 Å². The van der Waals surface area contributed by atoms with E-state index in [1.807, 2.05) is 24.3 Å². The Hall–Kier alpha value is -2.50. The Bertz CT molecular complexity index is 699. The van der Waals surface area contributed by atoms with E-state index in [2.05, 4.69) is 5.10 Å². The van der Waals surface area contributed by atoms with Crippen LogP contribution in [-0.4, -0.2) is 28.6 Å². The van der Waals surface area contributed by atoms with Crippen LogP contribution in [-0.2, 0) is 4.74 Å². The molecule has 0 radical (unpaired) electrons. The second-order valence-electron chi connectivity index (χ2n) is 5.97. The minimum Gasteiger partial charge on any atom is -0.497 e. The van der Waals surface area contributed by atoms with Crippen molar-refractivity contribution < 1.29 is 14.3 Å². The zero-order chi connectivity index (χ0) is 16.5. The van der Waals surface area contributed by atoms with Crippen molar-refractivity contribution in [3.8, 4) is 17.0 Å². The van der Waals surface area contributed by atoms with Crippen molar-refractivity contribution in [2.45, 2.75) is 33.3 Å². The molecular weight excluding hydrogens is 282 g/mol. The number of methoxy groups -OCH3 is 1. The Morgan fingerprint density at radius 1 is 1.32 bits per heavy atom. The van der Waals surface area contributed by atoms with E-state index in [1.54, 1.807) is 34.8 Å². The molecule has 0 aliphatic rings. The van der Waals surface area contributed by atoms with Crippen molar-refractivity contribution in [1.29, 1.82) is 0 Å². The van der Waals surface area contributed by atoms with Gasteiger partial charge in [0.2, 0.25) is 0 Å². The van der Waals surface area contributed by atoms with Gasteiger partial charge in [0.15, 0.2) is 0 Å². The lowest BCUT2D eigenvalue weighted by Gasteiger charge is -2.19. The van der Waals surface area contributed by atoms with E-state index in [0.29, 0.717) is 22.8 Å². The quantitative estimate of drug-likeness (QED) is 0.921. The number of benzene rings is 1. The molecule has 118 valence electrons. The number of aromatic nitrogens is 2. The van der Waals surface area contributed by atoms with Crippen molar-refractivity contribution in [2.24, 2.45) is 0 Å². The summed E-state index contributed by atoms with van der Waals surface area (Å²) in [7, 11) is 1.59. The Labute approximate surface area is 129 Å². The minimum atomic E-state index is -0.597. The molecule has 2 rings (SSSR count). The molecule has 1 aromatic heterocycles. The lowest BCUT2D eigenvalue weighted by molar-refractivity contribution is 0.0511. The van der Waals surface area contributed by atoms with Crippen LogP contribution in [0, 0.1) is 6.92 Å². The van der Waals surface area contributed by atoms with Crippen LogP contribution >= 0.6 is 0 Å². The highest BCUT2D eigenvalue weighted by Gasteiger charge is 2.23. The monoisotopic (exact) mass is 303 g/mol. The van der Waals surface area contributed by atoms with Gasteiger partial charge in [0.1, 0.15) is 17.0 Å². The van der Waals surface area contributed by atoms with Crippen LogP contribution < -0.4 is 10.5 Å². The first-order valence-corrected chi connectivity index (χ1v) is 6.96. The first kappa shape index (κ1) is 15.9. The molecule has 1 heterocycles. The Morgan fingerprint density at radius 2 is 2.00 bits per heavy atom. The summed E-state index contributed by atoms with van der Waals surface area (Å²) in [6.07, 6.45) is -0.550. The smallest absolute Gasteiger partial charge is 0.435 e. The summed E-state index contributed by atoms with van der Waals surface area (Å²) in [5.41, 5.74) is 7.80. The zero-order valence-electron chi connectivity index (χ0n) is 13.5. The van der Waals surface area contributed by atoms with Gasteiger partial charge < -0.3 is 15.2 Å². The summed E-state index contributed by atoms with van der Waals surface area (Å²) in [6, 6.07) is 7.35. The first-order valence-electron chi connectivity index (χ1n) is 6.96. The Morgan fingerprint density at radius 3 is 2.59 bits per heavy atom. The molecule has 0 saturated heterocycles. The van der Waals surface area contributed by atoms with E-state index >= 15 is 0 Å². The van der Waals surface area contributed by atoms with Gasteiger partial charge in [0.05, 0.1) is 18.5 Å². The standard InChI is InChI=1S/C16H21N3O3/c1-10-13(17)14(11-7-6-8-12(9-11)21-5)18-19(10)15(20)22-16(2,3)4/h6-9H,17H2,1-5H3. The minimum absolute atomic E-state index is 0.444. The highest BCUT2D eigenvalue weighted by molar-refractivity contribution is 5.80. The lowest BCUT2D eigenvalue weighted by atomic mass is 10.1. The molecule has 0 bridgehead atoms. The normalized spacial score (nSPS) is 11.3. The predicted octanol–water partition coefficient (Wildman–Crippen LogP) is 3.23. The average molecular weight is 303 g/mol. The molecule has 0 atom stereocenters. The number of carbonyl (C=O) groups excluding carboxylic acids is 1. The number of nitrogens with zero attached hydrogens (tertiary/aromatic N) is 2. The molecule has 22 heavy (non-hydrogen) atoms. The Kier molecular flexibility index (Phi) is 4.12. The molecule has 0 aliphatic heterocycles. The number of carbonyl (C=O) groups is 1. The van der Waals surface area contributed by atoms with Crippen LogP contribution in [0.3, 0.4) is 0 Å². The summed E-state index contributed by atoms with van der Waals surface area (Å²) < 4.78 is 11.7. The van der Waals surface area contributed by atoms with Crippen LogP contribution in [0.5, 0.6) is 5.75 Å². The molecule has 0 unspecified atom stereocenters. The van der Waals surface area contributed by atoms with E-state index in [-0.39, 0.29) is 0 Å². The summed E-state index contributed by atoms with van der Waals surface area (Å²) in [5.74, 6) is 0.696. The fourth-order valence-corrected chi connectivity index (χ4v) is 1.98. The van der Waals surface area contributed by atoms with E-state index in [0.717, 1.165) is 5.56 Å². The molecule has 1 aromatic carbocycles. The van der Waals surface area contributed by atoms with Gasteiger partial charge in [0.25, 0.3) is 0 Å². The Balaban J connectivity index is 2.43. The SMILES string of the molecule is COc1cccc(-c2nn(C(=O)OC(C)(C)C)c(C)c2N)c1. The van der Waals surface area contributed by atoms with E-state index in [9.17, 15) is 4.79 Å². The molecule has 0 saturated carbocycles. The largest absolute Gasteiger partial charge is 0.497 e. The van der Waals surface area contributed by atoms with E-state index < -0.39 is 11.7 Å². The fourth-order valence-electron chi connectivity index (χ4n) is 1.98. The maximum Gasteiger partial charge on any atom is 0.435 e. The van der Waals surface area contributed by atoms with Crippen molar-refractivity contribution in [3.63, 3.8) is 0 Å². The third kappa shape index (κ3) is 3.21. The van der Waals surface area contributed by atoms with Gasteiger partial charge in [-0.25, -0.2) is 4.79 Å². The molecule has 0 fully saturated rings. The van der Waals surface area contributed by atoms with Gasteiger partial charge >= 0.3 is 6.09 Å². The van der Waals surface area contributed by atoms with Crippen LogP contribution in [0.4, 0.5) is 10.5 Å². The third-order valence-corrected chi connectivity index (χ3v) is 3.07. The van der Waals surface area contributed by atoms with Crippen molar-refractivity contribution in [2.75, 3.05) is 12.8 Å². The molecule has 6 heteroatoms. The van der Waals surface area contributed by atoms with Gasteiger partial charge in [-0.2, -0.15) is 9.78 Å². The number of ether oxygens (including phenoxy) is 2. The van der Waals surface area contributed by atoms with Gasteiger partial charge in [-0.15, -0.1) is 0 Å². The predicted molar refractivity (Wildman–Crippen MR) is 85.0 cm³/mol. The second-order valence-corrected chi connectivity index (χ2v) is 5.97. The molecule has 0 aliphatic carbocycles. The van der Waals surface area contributed by atoms with Gasteiger partial charge in [0, 0.05) is 5.56 Å². The van der Waals surface area contributed by atoms with Crippen molar-refractivity contribution in [3.05, 3.63) is 30.0 Å². The summed E-state index contributed by atoms with van der Waals surface area (Å²) in [4.78, 5) is 12.2. The average Bonchev–Trinajstić information content (AvgIpc) is 2.74. The van der Waals surface area contributed by atoms with Gasteiger partial charge in [-0.3, -0.25) is 0 Å². The molecule has 2 aromatic rings. The number of nitrogens with two attached hydrogens (primary N) is 1. The number of hydrogen-bond donors (Lipinski definition) is 1. The summed E-state index contributed by atoms with van der Waals surface area (Å²) in [6.45, 7) is 7.14. The van der Waals surface area contributed by atoms with Crippen LogP contribution in [0.25, 0.3) is 11.3 Å². The van der Waals surface area contributed by atoms with Crippen LogP contribution in [0.1, 0.15) is 26.5 Å². The third-order valence-electron chi connectivity index (χ3n) is 3.07. The molecule has 0 spiro atoms. The maximum absolute atomic E-state index is 12.2. The molecule has 2 N–H and O–H groups in total. The topological polar surface area (TPSA) is 79.4 Å². The lowest BCUT2D eigenvalue weighted by Crippen LogP contribution is -2.28. The first-order chi connectivity index (χ1) is 10.2. The molecule has 0 amide bonds. The number of anilines is 1. The summed E-state index contributed by atoms with van der Waals surface area (Å²) >= 11 is 0. The van der Waals surface area contributed by atoms with E-state index in [4.69, 9.17) is 15.2 Å². The maximum atomic E-state index is 12.2. The van der Waals surface area contributed by atoms with Crippen molar-refractivity contribution in [1.82, 2.24) is 9.78 Å². The van der Waals surface area contributed by atoms with Crippen molar-refractivity contribution >= 4 is 11.8 Å². The number of rotatable bonds is 2.